The van der Waals surface area contributed by atoms with Gasteiger partial charge >= 0.3 is 0 Å². The molecule has 0 saturated heterocycles. The molecular weight excluding hydrogens is 273 g/mol. The molecule has 1 heterocycles. The molecule has 0 spiro atoms. The number of carbonyl (C=O) groups is 1. The summed E-state index contributed by atoms with van der Waals surface area (Å²) in [5.74, 6) is -0.443. The van der Waals surface area contributed by atoms with Crippen LogP contribution in [0.1, 0.15) is 17.3 Å². The highest BCUT2D eigenvalue weighted by Crippen LogP contribution is 2.18. The third kappa shape index (κ3) is 3.47. The Hall–Kier alpha value is -2.63. The van der Waals surface area contributed by atoms with Crippen molar-refractivity contribution in [3.05, 3.63) is 47.9 Å². The number of nitrogens with one attached hydrogen (secondary N) is 2. The molecule has 0 saturated carbocycles. The lowest BCUT2D eigenvalue weighted by Crippen LogP contribution is -2.15. The summed E-state index contributed by atoms with van der Waals surface area (Å²) in [5.41, 5.74) is 0.499. The fraction of sp³-hybridized carbons (Fsp3) is 0.200. The van der Waals surface area contributed by atoms with Crippen LogP contribution >= 0.6 is 0 Å². The standard InChI is InChI=1S/C15H16FN3O2/c1-3-17-14-13(16)12(8-9-18-14)15(20)19-10-4-6-11(21-2)7-5-10/h4-9H,3H2,1-2H3,(H,17,18)(H,19,20). The lowest BCUT2D eigenvalue weighted by molar-refractivity contribution is 0.102. The molecule has 0 unspecified atom stereocenters. The van der Waals surface area contributed by atoms with Crippen LogP contribution in [-0.2, 0) is 0 Å². The second-order valence-electron chi connectivity index (χ2n) is 4.23. The normalized spacial score (nSPS) is 10.0. The Morgan fingerprint density at radius 1 is 1.29 bits per heavy atom. The average Bonchev–Trinajstić information content (AvgIpc) is 2.50. The zero-order valence-electron chi connectivity index (χ0n) is 11.8. The van der Waals surface area contributed by atoms with Crippen molar-refractivity contribution in [2.75, 3.05) is 24.3 Å². The van der Waals surface area contributed by atoms with Crippen LogP contribution in [0.5, 0.6) is 5.75 Å². The van der Waals surface area contributed by atoms with Crippen LogP contribution in [0.25, 0.3) is 0 Å². The van der Waals surface area contributed by atoms with Gasteiger partial charge in [-0.05, 0) is 37.3 Å². The molecule has 0 aliphatic rings. The molecule has 2 N–H and O–H groups in total. The van der Waals surface area contributed by atoms with Gasteiger partial charge in [-0.1, -0.05) is 0 Å². The number of carbonyl (C=O) groups excluding carboxylic acids is 1. The quantitative estimate of drug-likeness (QED) is 0.888. The first kappa shape index (κ1) is 14.8. The summed E-state index contributed by atoms with van der Waals surface area (Å²) < 4.78 is 19.2. The van der Waals surface area contributed by atoms with Gasteiger partial charge in [-0.2, -0.15) is 0 Å². The van der Waals surface area contributed by atoms with E-state index in [0.717, 1.165) is 0 Å². The highest BCUT2D eigenvalue weighted by atomic mass is 19.1. The molecule has 1 aromatic heterocycles. The fourth-order valence-corrected chi connectivity index (χ4v) is 1.78. The van der Waals surface area contributed by atoms with Gasteiger partial charge in [0, 0.05) is 18.4 Å². The molecule has 0 atom stereocenters. The Morgan fingerprint density at radius 2 is 2.00 bits per heavy atom. The van der Waals surface area contributed by atoms with E-state index < -0.39 is 11.7 Å². The summed E-state index contributed by atoms with van der Waals surface area (Å²) >= 11 is 0. The highest BCUT2D eigenvalue weighted by molar-refractivity contribution is 6.04. The second-order valence-corrected chi connectivity index (χ2v) is 4.23. The van der Waals surface area contributed by atoms with Crippen LogP contribution in [0.4, 0.5) is 15.9 Å². The minimum Gasteiger partial charge on any atom is -0.497 e. The Labute approximate surface area is 122 Å². The Bertz CT molecular complexity index is 629. The van der Waals surface area contributed by atoms with E-state index in [9.17, 15) is 9.18 Å². The first-order valence-corrected chi connectivity index (χ1v) is 6.49. The van der Waals surface area contributed by atoms with E-state index in [-0.39, 0.29) is 11.4 Å². The molecule has 21 heavy (non-hydrogen) atoms. The van der Waals surface area contributed by atoms with Crippen molar-refractivity contribution in [1.82, 2.24) is 4.98 Å². The van der Waals surface area contributed by atoms with Gasteiger partial charge in [-0.15, -0.1) is 0 Å². The number of aromatic nitrogens is 1. The smallest absolute Gasteiger partial charge is 0.258 e. The molecule has 0 fully saturated rings. The maximum Gasteiger partial charge on any atom is 0.258 e. The SMILES string of the molecule is CCNc1nccc(C(=O)Nc2ccc(OC)cc2)c1F. The van der Waals surface area contributed by atoms with Gasteiger partial charge in [-0.3, -0.25) is 4.79 Å². The van der Waals surface area contributed by atoms with Crippen LogP contribution < -0.4 is 15.4 Å². The van der Waals surface area contributed by atoms with Gasteiger partial charge in [0.2, 0.25) is 0 Å². The molecule has 0 aliphatic carbocycles. The molecule has 2 rings (SSSR count). The average molecular weight is 289 g/mol. The number of methoxy groups -OCH3 is 1. The van der Waals surface area contributed by atoms with Crippen LogP contribution in [0.3, 0.4) is 0 Å². The highest BCUT2D eigenvalue weighted by Gasteiger charge is 2.15. The van der Waals surface area contributed by atoms with E-state index in [1.807, 2.05) is 6.92 Å². The number of hydrogen-bond acceptors (Lipinski definition) is 4. The number of benzene rings is 1. The van der Waals surface area contributed by atoms with E-state index in [1.54, 1.807) is 31.4 Å². The number of anilines is 2. The molecule has 5 nitrogen and oxygen atoms in total. The molecule has 110 valence electrons. The topological polar surface area (TPSA) is 63.2 Å². The van der Waals surface area contributed by atoms with Crippen molar-refractivity contribution in [3.8, 4) is 5.75 Å². The number of nitrogens with zero attached hydrogens (tertiary/aromatic N) is 1. The molecule has 6 heteroatoms. The number of hydrogen-bond donors (Lipinski definition) is 2. The van der Waals surface area contributed by atoms with Gasteiger partial charge in [0.05, 0.1) is 12.7 Å². The van der Waals surface area contributed by atoms with Crippen molar-refractivity contribution in [2.24, 2.45) is 0 Å². The van der Waals surface area contributed by atoms with E-state index in [4.69, 9.17) is 4.74 Å². The number of halogens is 1. The van der Waals surface area contributed by atoms with Gasteiger partial charge in [0.1, 0.15) is 5.75 Å². The number of rotatable bonds is 5. The van der Waals surface area contributed by atoms with E-state index in [1.165, 1.54) is 12.3 Å². The van der Waals surface area contributed by atoms with Crippen molar-refractivity contribution in [3.63, 3.8) is 0 Å². The van der Waals surface area contributed by atoms with Gasteiger partial charge < -0.3 is 15.4 Å². The lowest BCUT2D eigenvalue weighted by atomic mass is 10.2. The van der Waals surface area contributed by atoms with Crippen molar-refractivity contribution in [1.29, 1.82) is 0 Å². The predicted molar refractivity (Wildman–Crippen MR) is 79.3 cm³/mol. The molecule has 2 aromatic rings. The summed E-state index contributed by atoms with van der Waals surface area (Å²) in [6.07, 6.45) is 1.39. The van der Waals surface area contributed by atoms with Crippen molar-refractivity contribution >= 4 is 17.4 Å². The number of pyridine rings is 1. The molecule has 0 aliphatic heterocycles. The monoisotopic (exact) mass is 289 g/mol. The first-order valence-electron chi connectivity index (χ1n) is 6.49. The predicted octanol–water partition coefficient (Wildman–Crippen LogP) is 2.91. The Kier molecular flexibility index (Phi) is 4.71. The van der Waals surface area contributed by atoms with Crippen molar-refractivity contribution < 1.29 is 13.9 Å². The maximum atomic E-state index is 14.1. The summed E-state index contributed by atoms with van der Waals surface area (Å²) in [6, 6.07) is 8.13. The number of ether oxygens (including phenoxy) is 1. The van der Waals surface area contributed by atoms with Crippen LogP contribution in [-0.4, -0.2) is 24.5 Å². The minimum atomic E-state index is -0.662. The van der Waals surface area contributed by atoms with Gasteiger partial charge in [-0.25, -0.2) is 9.37 Å². The van der Waals surface area contributed by atoms with Crippen molar-refractivity contribution in [2.45, 2.75) is 6.92 Å². The summed E-state index contributed by atoms with van der Waals surface area (Å²) in [5, 5.41) is 5.40. The second kappa shape index (κ2) is 6.69. The Balaban J connectivity index is 2.17. The first-order chi connectivity index (χ1) is 10.2. The van der Waals surface area contributed by atoms with E-state index >= 15 is 0 Å². The van der Waals surface area contributed by atoms with Crippen LogP contribution in [0, 0.1) is 5.82 Å². The van der Waals surface area contributed by atoms with E-state index in [0.29, 0.717) is 18.0 Å². The molecular formula is C15H16FN3O2. The van der Waals surface area contributed by atoms with Crippen LogP contribution in [0.15, 0.2) is 36.5 Å². The van der Waals surface area contributed by atoms with Gasteiger partial charge in [0.25, 0.3) is 5.91 Å². The maximum absolute atomic E-state index is 14.1. The number of amides is 1. The molecule has 0 radical (unpaired) electrons. The summed E-state index contributed by atoms with van der Waals surface area (Å²) in [7, 11) is 1.56. The molecule has 1 amide bonds. The zero-order valence-corrected chi connectivity index (χ0v) is 11.8. The minimum absolute atomic E-state index is 0.0585. The Morgan fingerprint density at radius 3 is 2.62 bits per heavy atom. The molecule has 0 bridgehead atoms. The fourth-order valence-electron chi connectivity index (χ4n) is 1.78. The zero-order chi connectivity index (χ0) is 15.2. The summed E-state index contributed by atoms with van der Waals surface area (Å²) in [4.78, 5) is 16.0. The largest absolute Gasteiger partial charge is 0.497 e. The van der Waals surface area contributed by atoms with E-state index in [2.05, 4.69) is 15.6 Å². The molecule has 1 aromatic carbocycles. The summed E-state index contributed by atoms with van der Waals surface area (Å²) in [6.45, 7) is 2.35. The van der Waals surface area contributed by atoms with Gasteiger partial charge in [0.15, 0.2) is 11.6 Å². The lowest BCUT2D eigenvalue weighted by Gasteiger charge is -2.09. The third-order valence-corrected chi connectivity index (χ3v) is 2.83. The van der Waals surface area contributed by atoms with Crippen LogP contribution in [0.2, 0.25) is 0 Å². The third-order valence-electron chi connectivity index (χ3n) is 2.83.